The highest BCUT2D eigenvalue weighted by atomic mass is 35.5. The lowest BCUT2D eigenvalue weighted by atomic mass is 9.85. The number of benzene rings is 1. The number of aryl methyl sites for hydroxylation is 1. The van der Waals surface area contributed by atoms with Crippen molar-refractivity contribution in [2.45, 2.75) is 26.3 Å². The normalized spacial score (nSPS) is 27.9. The van der Waals surface area contributed by atoms with Gasteiger partial charge in [-0.2, -0.15) is 0 Å². The molecular weight excluding hydrogens is 396 g/mol. The molecule has 3 aliphatic rings. The van der Waals surface area contributed by atoms with Crippen LogP contribution in [0.5, 0.6) is 0 Å². The first-order valence-electron chi connectivity index (χ1n) is 9.56. The summed E-state index contributed by atoms with van der Waals surface area (Å²) in [7, 11) is 0. The third kappa shape index (κ3) is 3.33. The molecule has 5 atom stereocenters. The third-order valence-electron chi connectivity index (χ3n) is 6.03. The van der Waals surface area contributed by atoms with Gasteiger partial charge in [0.15, 0.2) is 6.61 Å². The Hall–Kier alpha value is -2.67. The first-order chi connectivity index (χ1) is 13.8. The van der Waals surface area contributed by atoms with Crippen molar-refractivity contribution in [1.82, 2.24) is 4.90 Å². The molecule has 1 aromatic rings. The number of imide groups is 1. The van der Waals surface area contributed by atoms with Crippen LogP contribution in [0.4, 0.5) is 5.69 Å². The summed E-state index contributed by atoms with van der Waals surface area (Å²) in [5.41, 5.74) is 1.36. The van der Waals surface area contributed by atoms with E-state index in [1.54, 1.807) is 18.2 Å². The average molecular weight is 417 g/mol. The Labute approximate surface area is 173 Å². The van der Waals surface area contributed by atoms with Crippen LogP contribution in [-0.2, 0) is 23.9 Å². The van der Waals surface area contributed by atoms with Gasteiger partial charge in [0, 0.05) is 10.7 Å². The Morgan fingerprint density at radius 3 is 2.41 bits per heavy atom. The molecule has 4 rings (SSSR count). The second-order valence-electron chi connectivity index (χ2n) is 7.84. The number of halogens is 1. The molecule has 0 spiro atoms. The molecule has 1 heterocycles. The number of hydrogen-bond acceptors (Lipinski definition) is 5. The van der Waals surface area contributed by atoms with Crippen molar-refractivity contribution in [1.29, 1.82) is 0 Å². The highest BCUT2D eigenvalue weighted by Gasteiger charge is 2.60. The number of ether oxygens (including phenoxy) is 1. The molecule has 8 heteroatoms. The van der Waals surface area contributed by atoms with Crippen LogP contribution < -0.4 is 5.32 Å². The summed E-state index contributed by atoms with van der Waals surface area (Å²) < 4.78 is 5.05. The van der Waals surface area contributed by atoms with Crippen LogP contribution in [-0.4, -0.2) is 41.2 Å². The number of carbonyl (C=O) groups is 4. The summed E-state index contributed by atoms with van der Waals surface area (Å²) in [5, 5.41) is 3.10. The van der Waals surface area contributed by atoms with Gasteiger partial charge in [0.2, 0.25) is 11.8 Å². The average Bonchev–Trinajstić information content (AvgIpc) is 3.36. The summed E-state index contributed by atoms with van der Waals surface area (Å²) in [5.74, 6) is -2.57. The second-order valence-corrected chi connectivity index (χ2v) is 8.25. The minimum absolute atomic E-state index is 0.0711. The number of hydrogen-bond donors (Lipinski definition) is 1. The van der Waals surface area contributed by atoms with Gasteiger partial charge in [-0.25, -0.2) is 4.79 Å². The Kier molecular flexibility index (Phi) is 4.94. The number of carbonyl (C=O) groups excluding carboxylic acids is 4. The van der Waals surface area contributed by atoms with Crippen molar-refractivity contribution < 1.29 is 23.9 Å². The number of likely N-dealkylation sites (tertiary alicyclic amines) is 1. The number of esters is 1. The van der Waals surface area contributed by atoms with E-state index in [0.29, 0.717) is 10.7 Å². The third-order valence-corrected chi connectivity index (χ3v) is 6.44. The Bertz CT molecular complexity index is 913. The second kappa shape index (κ2) is 7.30. The molecule has 1 aromatic carbocycles. The smallest absolute Gasteiger partial charge is 0.329 e. The van der Waals surface area contributed by atoms with Crippen molar-refractivity contribution in [2.75, 3.05) is 11.9 Å². The van der Waals surface area contributed by atoms with Crippen LogP contribution in [0.2, 0.25) is 5.02 Å². The van der Waals surface area contributed by atoms with Gasteiger partial charge >= 0.3 is 5.97 Å². The first kappa shape index (κ1) is 19.6. The van der Waals surface area contributed by atoms with Crippen molar-refractivity contribution >= 4 is 41.0 Å². The first-order valence-corrected chi connectivity index (χ1v) is 9.93. The van der Waals surface area contributed by atoms with Crippen LogP contribution in [0.3, 0.4) is 0 Å². The van der Waals surface area contributed by atoms with Crippen molar-refractivity contribution in [3.63, 3.8) is 0 Å². The van der Waals surface area contributed by atoms with E-state index >= 15 is 0 Å². The van der Waals surface area contributed by atoms with Crippen LogP contribution in [0.25, 0.3) is 0 Å². The van der Waals surface area contributed by atoms with Gasteiger partial charge in [0.25, 0.3) is 5.91 Å². The fourth-order valence-electron chi connectivity index (χ4n) is 4.54. The summed E-state index contributed by atoms with van der Waals surface area (Å²) in [6, 6.07) is 3.98. The van der Waals surface area contributed by atoms with Gasteiger partial charge in [-0.3, -0.25) is 19.3 Å². The Morgan fingerprint density at radius 2 is 1.83 bits per heavy atom. The van der Waals surface area contributed by atoms with E-state index in [-0.39, 0.29) is 35.5 Å². The highest BCUT2D eigenvalue weighted by molar-refractivity contribution is 6.31. The molecule has 7 nitrogen and oxygen atoms in total. The lowest BCUT2D eigenvalue weighted by Gasteiger charge is -2.23. The molecule has 1 saturated carbocycles. The van der Waals surface area contributed by atoms with E-state index < -0.39 is 24.5 Å². The van der Waals surface area contributed by atoms with E-state index in [2.05, 4.69) is 5.32 Å². The van der Waals surface area contributed by atoms with Crippen LogP contribution in [0.1, 0.15) is 18.9 Å². The van der Waals surface area contributed by atoms with Crippen LogP contribution >= 0.6 is 11.6 Å². The molecule has 152 valence electrons. The summed E-state index contributed by atoms with van der Waals surface area (Å²) in [6.07, 6.45) is 4.80. The lowest BCUT2D eigenvalue weighted by Crippen LogP contribution is -2.45. The minimum Gasteiger partial charge on any atom is -0.454 e. The van der Waals surface area contributed by atoms with Gasteiger partial charge in [-0.15, -0.1) is 0 Å². The van der Waals surface area contributed by atoms with Crippen LogP contribution in [0.15, 0.2) is 30.4 Å². The van der Waals surface area contributed by atoms with Gasteiger partial charge in [0.05, 0.1) is 11.8 Å². The van der Waals surface area contributed by atoms with Gasteiger partial charge in [0.1, 0.15) is 6.04 Å². The van der Waals surface area contributed by atoms with Crippen molar-refractivity contribution in [2.24, 2.45) is 23.7 Å². The van der Waals surface area contributed by atoms with E-state index in [9.17, 15) is 19.2 Å². The fraction of sp³-hybridized carbons (Fsp3) is 0.429. The molecular formula is C21H21ClN2O5. The number of nitrogens with one attached hydrogen (secondary N) is 1. The predicted molar refractivity (Wildman–Crippen MR) is 105 cm³/mol. The van der Waals surface area contributed by atoms with Crippen molar-refractivity contribution in [3.8, 4) is 0 Å². The lowest BCUT2D eigenvalue weighted by molar-refractivity contribution is -0.159. The summed E-state index contributed by atoms with van der Waals surface area (Å²) in [6.45, 7) is 2.77. The Balaban J connectivity index is 1.34. The zero-order valence-electron chi connectivity index (χ0n) is 16.1. The van der Waals surface area contributed by atoms with Crippen molar-refractivity contribution in [3.05, 3.63) is 40.9 Å². The number of nitrogens with zero attached hydrogens (tertiary/aromatic N) is 1. The highest BCUT2D eigenvalue weighted by Crippen LogP contribution is 2.52. The molecule has 0 unspecified atom stereocenters. The maximum absolute atomic E-state index is 12.7. The fourth-order valence-corrected chi connectivity index (χ4v) is 4.72. The number of fused-ring (bicyclic) bond motifs is 5. The van der Waals surface area contributed by atoms with E-state index in [1.807, 2.05) is 19.1 Å². The standard InChI is InChI=1S/C21H21ClN2O5/c1-10-3-6-14(8-15(10)22)23-16(25)9-29-21(28)11(2)24-19(26)17-12-4-5-13(7-12)18(17)20(24)27/h3-6,8,11-13,17-18H,7,9H2,1-2H3,(H,23,25)/t11-,12+,13+,17-,18+/m1/s1. The SMILES string of the molecule is Cc1ccc(NC(=O)COC(=O)[C@@H](C)N2C(=O)[C@@H]3[C@H](C2=O)[C@H]2C=C[C@H]3C2)cc1Cl. The van der Waals surface area contributed by atoms with Gasteiger partial charge < -0.3 is 10.1 Å². The summed E-state index contributed by atoms with van der Waals surface area (Å²) >= 11 is 6.02. The maximum atomic E-state index is 12.7. The molecule has 1 N–H and O–H groups in total. The number of anilines is 1. The van der Waals surface area contributed by atoms with Crippen LogP contribution in [0, 0.1) is 30.6 Å². The molecule has 2 bridgehead atoms. The number of amides is 3. The molecule has 3 amide bonds. The molecule has 1 saturated heterocycles. The monoisotopic (exact) mass is 416 g/mol. The van der Waals surface area contributed by atoms with E-state index in [0.717, 1.165) is 16.9 Å². The maximum Gasteiger partial charge on any atom is 0.329 e. The quantitative estimate of drug-likeness (QED) is 0.451. The predicted octanol–water partition coefficient (Wildman–Crippen LogP) is 2.33. The molecule has 1 aliphatic heterocycles. The number of rotatable bonds is 5. The van der Waals surface area contributed by atoms with E-state index in [1.165, 1.54) is 6.92 Å². The number of allylic oxidation sites excluding steroid dienone is 2. The molecule has 0 aromatic heterocycles. The topological polar surface area (TPSA) is 92.8 Å². The molecule has 0 radical (unpaired) electrons. The zero-order valence-corrected chi connectivity index (χ0v) is 16.8. The summed E-state index contributed by atoms with van der Waals surface area (Å²) in [4.78, 5) is 50.9. The molecule has 29 heavy (non-hydrogen) atoms. The zero-order chi connectivity index (χ0) is 20.9. The Morgan fingerprint density at radius 1 is 1.21 bits per heavy atom. The van der Waals surface area contributed by atoms with E-state index in [4.69, 9.17) is 16.3 Å². The molecule has 2 fully saturated rings. The minimum atomic E-state index is -1.07. The molecule has 2 aliphatic carbocycles. The van der Waals surface area contributed by atoms with Gasteiger partial charge in [-0.1, -0.05) is 29.8 Å². The largest absolute Gasteiger partial charge is 0.454 e. The van der Waals surface area contributed by atoms with Gasteiger partial charge in [-0.05, 0) is 49.8 Å².